The number of fused-ring (bicyclic) bond motifs is 1. The Labute approximate surface area is 84.0 Å². The van der Waals surface area contributed by atoms with E-state index in [4.69, 9.17) is 16.7 Å². The summed E-state index contributed by atoms with van der Waals surface area (Å²) >= 11 is 7.25. The highest BCUT2D eigenvalue weighted by molar-refractivity contribution is 7.23. The van der Waals surface area contributed by atoms with Crippen molar-refractivity contribution < 1.29 is 10.2 Å². The number of aliphatic hydroxyl groups is 1. The van der Waals surface area contributed by atoms with Gasteiger partial charge in [0.2, 0.25) is 0 Å². The fraction of sp³-hybridized carbons (Fsp3) is 0.111. The fourth-order valence-corrected chi connectivity index (χ4v) is 2.67. The molecule has 1 aromatic carbocycles. The van der Waals surface area contributed by atoms with Crippen molar-refractivity contribution in [3.63, 3.8) is 0 Å². The van der Waals surface area contributed by atoms with Gasteiger partial charge in [-0.05, 0) is 12.1 Å². The van der Waals surface area contributed by atoms with E-state index >= 15 is 0 Å². The third-order valence-corrected chi connectivity index (χ3v) is 3.35. The number of aliphatic hydroxyl groups excluding tert-OH is 1. The summed E-state index contributed by atoms with van der Waals surface area (Å²) < 4.78 is 1.44. The molecular weight excluding hydrogens is 208 g/mol. The normalized spacial score (nSPS) is 10.9. The predicted molar refractivity (Wildman–Crippen MR) is 54.4 cm³/mol. The molecule has 0 amide bonds. The molecule has 1 aromatic heterocycles. The van der Waals surface area contributed by atoms with E-state index in [1.165, 1.54) is 11.3 Å². The van der Waals surface area contributed by atoms with Crippen LogP contribution in [0.5, 0.6) is 5.75 Å². The van der Waals surface area contributed by atoms with Crippen LogP contribution in [0.15, 0.2) is 18.2 Å². The maximum atomic E-state index is 9.53. The Morgan fingerprint density at radius 3 is 2.85 bits per heavy atom. The minimum atomic E-state index is -0.142. The minimum Gasteiger partial charge on any atom is -0.507 e. The Balaban J connectivity index is 2.88. The largest absolute Gasteiger partial charge is 0.507 e. The van der Waals surface area contributed by atoms with Gasteiger partial charge in [0, 0.05) is 15.6 Å². The van der Waals surface area contributed by atoms with E-state index in [0.717, 1.165) is 4.70 Å². The molecule has 0 fully saturated rings. The molecule has 0 spiro atoms. The van der Waals surface area contributed by atoms with Crippen molar-refractivity contribution in [2.45, 2.75) is 6.61 Å². The van der Waals surface area contributed by atoms with Gasteiger partial charge in [0.15, 0.2) is 0 Å². The van der Waals surface area contributed by atoms with Crippen molar-refractivity contribution in [1.82, 2.24) is 0 Å². The fourth-order valence-electron chi connectivity index (χ4n) is 1.31. The summed E-state index contributed by atoms with van der Waals surface area (Å²) in [5.41, 5.74) is 0.611. The standard InChI is InChI=1S/C9H7ClO2S/c10-9-5(4-11)8-6(12)2-1-3-7(8)13-9/h1-3,11-12H,4H2. The molecule has 4 heteroatoms. The predicted octanol–water partition coefficient (Wildman–Crippen LogP) is 2.75. The molecule has 1 heterocycles. The van der Waals surface area contributed by atoms with Gasteiger partial charge in [-0.1, -0.05) is 17.7 Å². The highest BCUT2D eigenvalue weighted by Crippen LogP contribution is 2.39. The first-order valence-corrected chi connectivity index (χ1v) is 4.93. The zero-order valence-corrected chi connectivity index (χ0v) is 8.19. The van der Waals surface area contributed by atoms with Gasteiger partial charge in [-0.15, -0.1) is 11.3 Å². The molecule has 2 aromatic rings. The molecule has 0 aliphatic heterocycles. The molecule has 2 N–H and O–H groups in total. The zero-order chi connectivity index (χ0) is 9.42. The molecule has 0 aliphatic rings. The molecule has 13 heavy (non-hydrogen) atoms. The van der Waals surface area contributed by atoms with Crippen LogP contribution in [-0.2, 0) is 6.61 Å². The van der Waals surface area contributed by atoms with Crippen molar-refractivity contribution in [3.05, 3.63) is 28.1 Å². The molecule has 0 bridgehead atoms. The zero-order valence-electron chi connectivity index (χ0n) is 6.62. The smallest absolute Gasteiger partial charge is 0.124 e. The summed E-state index contributed by atoms with van der Waals surface area (Å²) in [6.07, 6.45) is 0. The van der Waals surface area contributed by atoms with Crippen LogP contribution in [0.3, 0.4) is 0 Å². The summed E-state index contributed by atoms with van der Waals surface area (Å²) in [6, 6.07) is 5.21. The Morgan fingerprint density at radius 2 is 2.15 bits per heavy atom. The molecule has 0 saturated heterocycles. The Kier molecular flexibility index (Phi) is 2.15. The van der Waals surface area contributed by atoms with Crippen molar-refractivity contribution in [2.24, 2.45) is 0 Å². The van der Waals surface area contributed by atoms with Crippen LogP contribution >= 0.6 is 22.9 Å². The number of aromatic hydroxyl groups is 1. The van der Waals surface area contributed by atoms with Crippen molar-refractivity contribution >= 4 is 33.0 Å². The number of benzene rings is 1. The van der Waals surface area contributed by atoms with Gasteiger partial charge < -0.3 is 10.2 Å². The van der Waals surface area contributed by atoms with E-state index in [0.29, 0.717) is 15.3 Å². The minimum absolute atomic E-state index is 0.142. The average molecular weight is 215 g/mol. The van der Waals surface area contributed by atoms with Gasteiger partial charge in [-0.3, -0.25) is 0 Å². The third kappa shape index (κ3) is 1.29. The van der Waals surface area contributed by atoms with Crippen LogP contribution in [0.4, 0.5) is 0 Å². The van der Waals surface area contributed by atoms with Crippen molar-refractivity contribution in [3.8, 4) is 5.75 Å². The van der Waals surface area contributed by atoms with Gasteiger partial charge in [0.05, 0.1) is 10.9 Å². The highest BCUT2D eigenvalue weighted by Gasteiger charge is 2.12. The van der Waals surface area contributed by atoms with E-state index in [-0.39, 0.29) is 12.4 Å². The van der Waals surface area contributed by atoms with Crippen LogP contribution in [0.2, 0.25) is 4.34 Å². The van der Waals surface area contributed by atoms with Gasteiger partial charge >= 0.3 is 0 Å². The maximum Gasteiger partial charge on any atom is 0.124 e. The molecule has 2 rings (SSSR count). The second-order valence-electron chi connectivity index (χ2n) is 2.66. The van der Waals surface area contributed by atoms with E-state index in [9.17, 15) is 5.11 Å². The van der Waals surface area contributed by atoms with E-state index in [1.807, 2.05) is 6.07 Å². The lowest BCUT2D eigenvalue weighted by Crippen LogP contribution is -1.80. The first kappa shape index (κ1) is 8.81. The number of hydrogen-bond acceptors (Lipinski definition) is 3. The molecule has 0 saturated carbocycles. The first-order chi connectivity index (χ1) is 6.24. The van der Waals surface area contributed by atoms with Crippen LogP contribution < -0.4 is 0 Å². The van der Waals surface area contributed by atoms with E-state index in [2.05, 4.69) is 0 Å². The molecule has 0 atom stereocenters. The number of halogens is 1. The van der Waals surface area contributed by atoms with Gasteiger partial charge in [0.1, 0.15) is 5.75 Å². The Bertz CT molecular complexity index is 450. The molecule has 0 aliphatic carbocycles. The summed E-state index contributed by atoms with van der Waals surface area (Å²) in [5, 5.41) is 19.2. The van der Waals surface area contributed by atoms with Crippen molar-refractivity contribution in [1.29, 1.82) is 0 Å². The van der Waals surface area contributed by atoms with Crippen LogP contribution in [0.25, 0.3) is 10.1 Å². The first-order valence-electron chi connectivity index (χ1n) is 3.73. The molecule has 68 valence electrons. The highest BCUT2D eigenvalue weighted by atomic mass is 35.5. The quantitative estimate of drug-likeness (QED) is 0.767. The Hall–Kier alpha value is -0.770. The summed E-state index contributed by atoms with van der Waals surface area (Å²) in [7, 11) is 0. The van der Waals surface area contributed by atoms with Crippen molar-refractivity contribution in [2.75, 3.05) is 0 Å². The second kappa shape index (κ2) is 3.18. The molecule has 2 nitrogen and oxygen atoms in total. The van der Waals surface area contributed by atoms with Gasteiger partial charge in [0.25, 0.3) is 0 Å². The third-order valence-electron chi connectivity index (χ3n) is 1.90. The number of rotatable bonds is 1. The number of thiophene rings is 1. The molecule has 0 radical (unpaired) electrons. The summed E-state index contributed by atoms with van der Waals surface area (Å²) in [6.45, 7) is -0.142. The van der Waals surface area contributed by atoms with Crippen LogP contribution in [-0.4, -0.2) is 10.2 Å². The van der Waals surface area contributed by atoms with Gasteiger partial charge in [-0.2, -0.15) is 0 Å². The monoisotopic (exact) mass is 214 g/mol. The topological polar surface area (TPSA) is 40.5 Å². The molecule has 0 unspecified atom stereocenters. The van der Waals surface area contributed by atoms with E-state index in [1.54, 1.807) is 12.1 Å². The number of phenolic OH excluding ortho intramolecular Hbond substituents is 1. The Morgan fingerprint density at radius 1 is 1.38 bits per heavy atom. The lowest BCUT2D eigenvalue weighted by Gasteiger charge is -1.97. The lowest BCUT2D eigenvalue weighted by atomic mass is 10.2. The summed E-state index contributed by atoms with van der Waals surface area (Å²) in [4.78, 5) is 0. The second-order valence-corrected chi connectivity index (χ2v) is 4.32. The maximum absolute atomic E-state index is 9.53. The number of hydrogen-bond donors (Lipinski definition) is 2. The van der Waals surface area contributed by atoms with Crippen LogP contribution in [0.1, 0.15) is 5.56 Å². The van der Waals surface area contributed by atoms with E-state index < -0.39 is 0 Å². The van der Waals surface area contributed by atoms with Gasteiger partial charge in [-0.25, -0.2) is 0 Å². The lowest BCUT2D eigenvalue weighted by molar-refractivity contribution is 0.283. The SMILES string of the molecule is OCc1c(Cl)sc2cccc(O)c12. The number of phenols is 1. The summed E-state index contributed by atoms with van der Waals surface area (Å²) in [5.74, 6) is 0.171. The average Bonchev–Trinajstić information content (AvgIpc) is 2.42. The molecular formula is C9H7ClO2S. The van der Waals surface area contributed by atoms with Crippen LogP contribution in [0, 0.1) is 0 Å².